The molecule has 0 aromatic heterocycles. The second kappa shape index (κ2) is 9.18. The molecule has 1 saturated heterocycles. The van der Waals surface area contributed by atoms with Crippen LogP contribution in [-0.2, 0) is 14.3 Å². The number of morpholine rings is 1. The Balaban J connectivity index is 1.37. The second-order valence-electron chi connectivity index (χ2n) is 7.52. The smallest absolute Gasteiger partial charge is 0.265 e. The molecule has 2 amide bonds. The Morgan fingerprint density at radius 2 is 1.81 bits per heavy atom. The van der Waals surface area contributed by atoms with Gasteiger partial charge >= 0.3 is 0 Å². The number of fused-ring (bicyclic) bond motifs is 1. The topological polar surface area (TPSA) is 88.2 Å². The van der Waals surface area contributed by atoms with Crippen molar-refractivity contribution in [1.29, 1.82) is 0 Å². The lowest BCUT2D eigenvalue weighted by molar-refractivity contribution is -0.121. The molecular weight excluding hydrogens is 398 g/mol. The molecule has 2 aromatic carbocycles. The molecule has 2 aliphatic rings. The van der Waals surface area contributed by atoms with Crippen molar-refractivity contribution < 1.29 is 23.9 Å². The van der Waals surface area contributed by atoms with Crippen LogP contribution in [0.1, 0.15) is 23.7 Å². The molecule has 162 valence electrons. The first-order valence-corrected chi connectivity index (χ1v) is 10.3. The van der Waals surface area contributed by atoms with Crippen LogP contribution < -0.4 is 19.9 Å². The minimum absolute atomic E-state index is 0.0863. The number of carbonyl (C=O) groups is 3. The number of benzene rings is 2. The second-order valence-corrected chi connectivity index (χ2v) is 7.52. The molecule has 0 bridgehead atoms. The summed E-state index contributed by atoms with van der Waals surface area (Å²) in [6, 6.07) is 12.7. The first kappa shape index (κ1) is 20.9. The highest BCUT2D eigenvalue weighted by atomic mass is 16.5. The van der Waals surface area contributed by atoms with Crippen LogP contribution in [0.4, 0.5) is 17.1 Å². The summed E-state index contributed by atoms with van der Waals surface area (Å²) in [5, 5.41) is 2.87. The summed E-state index contributed by atoms with van der Waals surface area (Å²) in [5.41, 5.74) is 2.81. The van der Waals surface area contributed by atoms with Gasteiger partial charge in [0.25, 0.3) is 5.91 Å². The zero-order valence-electron chi connectivity index (χ0n) is 17.4. The van der Waals surface area contributed by atoms with Gasteiger partial charge in [0, 0.05) is 43.0 Å². The molecule has 31 heavy (non-hydrogen) atoms. The number of Topliss-reactive ketones (excluding diaryl/α,β-unsaturated/α-hetero) is 1. The number of ether oxygens (including phenoxy) is 2. The van der Waals surface area contributed by atoms with E-state index in [1.165, 1.54) is 11.8 Å². The first-order chi connectivity index (χ1) is 15.0. The van der Waals surface area contributed by atoms with Crippen LogP contribution in [0.2, 0.25) is 0 Å². The molecule has 0 spiro atoms. The summed E-state index contributed by atoms with van der Waals surface area (Å²) >= 11 is 0. The van der Waals surface area contributed by atoms with Gasteiger partial charge in [-0.15, -0.1) is 0 Å². The number of ketones is 1. The van der Waals surface area contributed by atoms with Gasteiger partial charge in [-0.3, -0.25) is 14.4 Å². The predicted molar refractivity (Wildman–Crippen MR) is 117 cm³/mol. The third kappa shape index (κ3) is 4.86. The molecule has 0 atom stereocenters. The molecule has 2 aliphatic heterocycles. The highest BCUT2D eigenvalue weighted by molar-refractivity contribution is 6.02. The molecule has 0 saturated carbocycles. The van der Waals surface area contributed by atoms with Crippen LogP contribution in [0.3, 0.4) is 0 Å². The average Bonchev–Trinajstić information content (AvgIpc) is 2.79. The Kier molecular flexibility index (Phi) is 6.18. The standard InChI is InChI=1S/C23H25N3O5/c1-16(27)17-2-7-21-20(14-17)26(23(29)15-31-21)9-8-22(28)24-18-3-5-19(6-4-18)25-10-12-30-13-11-25/h2-7,14H,8-13,15H2,1H3,(H,24,28). The molecule has 1 N–H and O–H groups in total. The van der Waals surface area contributed by atoms with E-state index in [1.54, 1.807) is 18.2 Å². The Morgan fingerprint density at radius 3 is 2.52 bits per heavy atom. The molecular formula is C23H25N3O5. The van der Waals surface area contributed by atoms with Crippen molar-refractivity contribution in [2.75, 3.05) is 54.6 Å². The van der Waals surface area contributed by atoms with E-state index in [9.17, 15) is 14.4 Å². The highest BCUT2D eigenvalue weighted by Crippen LogP contribution is 2.33. The van der Waals surface area contributed by atoms with Gasteiger partial charge in [-0.1, -0.05) is 0 Å². The minimum Gasteiger partial charge on any atom is -0.482 e. The molecule has 0 aliphatic carbocycles. The lowest BCUT2D eigenvalue weighted by atomic mass is 10.1. The number of carbonyl (C=O) groups excluding carboxylic acids is 3. The number of nitrogens with zero attached hydrogens (tertiary/aromatic N) is 2. The van der Waals surface area contributed by atoms with Gasteiger partial charge in [-0.2, -0.15) is 0 Å². The number of anilines is 3. The molecule has 4 rings (SSSR count). The normalized spacial score (nSPS) is 15.8. The summed E-state index contributed by atoms with van der Waals surface area (Å²) in [6.45, 7) is 4.73. The number of hydrogen-bond acceptors (Lipinski definition) is 6. The molecule has 1 fully saturated rings. The van der Waals surface area contributed by atoms with Crippen molar-refractivity contribution >= 4 is 34.7 Å². The largest absolute Gasteiger partial charge is 0.482 e. The van der Waals surface area contributed by atoms with Gasteiger partial charge in [0.1, 0.15) is 5.75 Å². The maximum atomic E-state index is 12.5. The first-order valence-electron chi connectivity index (χ1n) is 10.3. The minimum atomic E-state index is -0.240. The summed E-state index contributed by atoms with van der Waals surface area (Å²) in [6.07, 6.45) is 0.126. The van der Waals surface area contributed by atoms with E-state index >= 15 is 0 Å². The third-order valence-corrected chi connectivity index (χ3v) is 5.40. The van der Waals surface area contributed by atoms with Crippen LogP contribution in [0, 0.1) is 0 Å². The van der Waals surface area contributed by atoms with Gasteiger partial charge in [-0.05, 0) is 49.4 Å². The van der Waals surface area contributed by atoms with Crippen LogP contribution in [0.25, 0.3) is 0 Å². The van der Waals surface area contributed by atoms with Crippen LogP contribution in [0.5, 0.6) is 5.75 Å². The van der Waals surface area contributed by atoms with Crippen molar-refractivity contribution in [2.45, 2.75) is 13.3 Å². The fourth-order valence-corrected chi connectivity index (χ4v) is 3.68. The van der Waals surface area contributed by atoms with Crippen molar-refractivity contribution in [2.24, 2.45) is 0 Å². The number of nitrogens with one attached hydrogen (secondary N) is 1. The Hall–Kier alpha value is -3.39. The van der Waals surface area contributed by atoms with E-state index in [0.29, 0.717) is 22.7 Å². The molecule has 0 unspecified atom stereocenters. The number of amides is 2. The fourth-order valence-electron chi connectivity index (χ4n) is 3.68. The average molecular weight is 423 g/mol. The van der Waals surface area contributed by atoms with Crippen LogP contribution in [0.15, 0.2) is 42.5 Å². The van der Waals surface area contributed by atoms with Gasteiger partial charge < -0.3 is 24.6 Å². The van der Waals surface area contributed by atoms with Gasteiger partial charge in [0.2, 0.25) is 5.91 Å². The highest BCUT2D eigenvalue weighted by Gasteiger charge is 2.26. The molecule has 2 aromatic rings. The fraction of sp³-hybridized carbons (Fsp3) is 0.348. The quantitative estimate of drug-likeness (QED) is 0.719. The van der Waals surface area contributed by atoms with Crippen LogP contribution in [-0.4, -0.2) is 57.1 Å². The van der Waals surface area contributed by atoms with Crippen molar-refractivity contribution in [1.82, 2.24) is 0 Å². The molecule has 2 heterocycles. The van der Waals surface area contributed by atoms with Crippen molar-refractivity contribution in [3.63, 3.8) is 0 Å². The lowest BCUT2D eigenvalue weighted by Gasteiger charge is -2.29. The molecule has 8 heteroatoms. The third-order valence-electron chi connectivity index (χ3n) is 5.40. The zero-order valence-corrected chi connectivity index (χ0v) is 17.4. The SMILES string of the molecule is CC(=O)c1ccc2c(c1)N(CCC(=O)Nc1ccc(N3CCOCC3)cc1)C(=O)CO2. The van der Waals surface area contributed by atoms with Crippen molar-refractivity contribution in [3.8, 4) is 5.75 Å². The van der Waals surface area contributed by atoms with E-state index in [-0.39, 0.29) is 37.2 Å². The lowest BCUT2D eigenvalue weighted by Crippen LogP contribution is -2.40. The summed E-state index contributed by atoms with van der Waals surface area (Å²) < 4.78 is 10.8. The van der Waals surface area contributed by atoms with E-state index < -0.39 is 0 Å². The van der Waals surface area contributed by atoms with Crippen LogP contribution >= 0.6 is 0 Å². The molecule has 8 nitrogen and oxygen atoms in total. The molecule has 0 radical (unpaired) electrons. The number of hydrogen-bond donors (Lipinski definition) is 1. The Labute approximate surface area is 180 Å². The van der Waals surface area contributed by atoms with Gasteiger partial charge in [-0.25, -0.2) is 0 Å². The Morgan fingerprint density at radius 1 is 1.06 bits per heavy atom. The van der Waals surface area contributed by atoms with Crippen molar-refractivity contribution in [3.05, 3.63) is 48.0 Å². The van der Waals surface area contributed by atoms with Gasteiger partial charge in [0.15, 0.2) is 12.4 Å². The summed E-state index contributed by atoms with van der Waals surface area (Å²) in [7, 11) is 0. The summed E-state index contributed by atoms with van der Waals surface area (Å²) in [4.78, 5) is 40.3. The maximum Gasteiger partial charge on any atom is 0.265 e. The zero-order chi connectivity index (χ0) is 21.8. The maximum absolute atomic E-state index is 12.5. The van der Waals surface area contributed by atoms with Gasteiger partial charge in [0.05, 0.1) is 18.9 Å². The van der Waals surface area contributed by atoms with E-state index in [0.717, 1.165) is 32.0 Å². The predicted octanol–water partition coefficient (Wildman–Crippen LogP) is 2.48. The van der Waals surface area contributed by atoms with E-state index in [2.05, 4.69) is 10.2 Å². The van der Waals surface area contributed by atoms with E-state index in [4.69, 9.17) is 9.47 Å². The Bertz CT molecular complexity index is 983. The summed E-state index contributed by atoms with van der Waals surface area (Å²) in [5.74, 6) is 0.00121. The van der Waals surface area contributed by atoms with E-state index in [1.807, 2.05) is 24.3 Å². The number of rotatable bonds is 6. The monoisotopic (exact) mass is 423 g/mol.